The second-order valence-electron chi connectivity index (χ2n) is 17.4. The van der Waals surface area contributed by atoms with Gasteiger partial charge in [-0.2, -0.15) is 0 Å². The van der Waals surface area contributed by atoms with E-state index in [0.29, 0.717) is 34.7 Å². The minimum absolute atomic E-state index is 0.0770. The van der Waals surface area contributed by atoms with E-state index in [1.807, 2.05) is 0 Å². The van der Waals surface area contributed by atoms with Crippen LogP contribution in [0.15, 0.2) is 36.4 Å². The number of fused-ring (bicyclic) bond motifs is 7. The summed E-state index contributed by atoms with van der Waals surface area (Å²) < 4.78 is 0. The molecule has 5 saturated carbocycles. The number of rotatable bonds is 4. The van der Waals surface area contributed by atoms with Crippen molar-refractivity contribution >= 4 is 11.9 Å². The van der Waals surface area contributed by atoms with Gasteiger partial charge >= 0.3 is 0 Å². The minimum atomic E-state index is -1.44. The lowest BCUT2D eigenvalue weighted by molar-refractivity contribution is -0.259. The summed E-state index contributed by atoms with van der Waals surface area (Å²) >= 11 is 0. The molecule has 0 saturated heterocycles. The molecule has 0 spiro atoms. The van der Waals surface area contributed by atoms with Crippen LogP contribution in [0.1, 0.15) is 118 Å². The number of carbonyl (C=O) groups is 1. The average Bonchev–Trinajstić information content (AvgIpc) is 3.30. The summed E-state index contributed by atoms with van der Waals surface area (Å²) in [6.45, 7) is 21.5. The van der Waals surface area contributed by atoms with Crippen molar-refractivity contribution < 1.29 is 20.1 Å². The van der Waals surface area contributed by atoms with E-state index < -0.39 is 11.0 Å². The molecule has 5 aliphatic rings. The maximum absolute atomic E-state index is 13.8. The van der Waals surface area contributed by atoms with Gasteiger partial charge in [-0.3, -0.25) is 4.79 Å². The van der Waals surface area contributed by atoms with Crippen molar-refractivity contribution in [1.82, 2.24) is 0 Å². The summed E-state index contributed by atoms with van der Waals surface area (Å²) in [5.41, 5.74) is 1.09. The van der Waals surface area contributed by atoms with Crippen molar-refractivity contribution in [3.05, 3.63) is 42.0 Å². The van der Waals surface area contributed by atoms with Crippen LogP contribution in [0.5, 0.6) is 11.5 Å². The summed E-state index contributed by atoms with van der Waals surface area (Å²) in [4.78, 5) is 13.8. The third kappa shape index (κ3) is 4.06. The lowest BCUT2D eigenvalue weighted by atomic mass is 9.31. The molecule has 1 unspecified atom stereocenters. The molecule has 43 heavy (non-hydrogen) atoms. The van der Waals surface area contributed by atoms with Crippen molar-refractivity contribution in [2.45, 2.75) is 118 Å². The largest absolute Gasteiger partial charge is 0.504 e. The molecule has 0 aromatic heterocycles. The third-order valence-corrected chi connectivity index (χ3v) is 15.5. The predicted molar refractivity (Wildman–Crippen MR) is 173 cm³/mol. The Morgan fingerprint density at radius 1 is 0.837 bits per heavy atom. The molecule has 1 aromatic carbocycles. The van der Waals surface area contributed by atoms with E-state index >= 15 is 0 Å². The number of benzene rings is 1. The van der Waals surface area contributed by atoms with E-state index in [1.54, 1.807) is 12.1 Å². The Balaban J connectivity index is 1.29. The predicted octanol–water partition coefficient (Wildman–Crippen LogP) is 9.09. The van der Waals surface area contributed by atoms with Gasteiger partial charge in [0.25, 0.3) is 0 Å². The molecule has 5 fully saturated rings. The van der Waals surface area contributed by atoms with Gasteiger partial charge in [0.2, 0.25) is 0 Å². The van der Waals surface area contributed by atoms with E-state index in [1.165, 1.54) is 68.7 Å². The van der Waals surface area contributed by atoms with Gasteiger partial charge in [-0.05, 0) is 146 Å². The summed E-state index contributed by atoms with van der Waals surface area (Å²) in [6.07, 6.45) is 14.6. The molecule has 0 heterocycles. The molecule has 3 N–H and O–H groups in total. The van der Waals surface area contributed by atoms with Gasteiger partial charge in [-0.25, -0.2) is 0 Å². The van der Waals surface area contributed by atoms with E-state index in [2.05, 4.69) is 55.0 Å². The molecule has 5 aliphatic carbocycles. The maximum Gasteiger partial charge on any atom is 0.187 e. The molecule has 0 amide bonds. The number of phenols is 2. The highest BCUT2D eigenvalue weighted by atomic mass is 16.3. The van der Waals surface area contributed by atoms with Crippen molar-refractivity contribution in [2.75, 3.05) is 0 Å². The highest BCUT2D eigenvalue weighted by Crippen LogP contribution is 2.78. The number of hydrogen-bond acceptors (Lipinski definition) is 4. The van der Waals surface area contributed by atoms with Gasteiger partial charge in [-0.1, -0.05) is 65.8 Å². The highest BCUT2D eigenvalue weighted by Gasteiger charge is 2.72. The van der Waals surface area contributed by atoms with E-state index in [9.17, 15) is 20.1 Å². The average molecular weight is 589 g/mol. The molecule has 0 radical (unpaired) electrons. The van der Waals surface area contributed by atoms with Crippen molar-refractivity contribution in [3.8, 4) is 11.5 Å². The van der Waals surface area contributed by atoms with E-state index in [-0.39, 0.29) is 34.0 Å². The van der Waals surface area contributed by atoms with Crippen molar-refractivity contribution in [2.24, 2.45) is 56.7 Å². The van der Waals surface area contributed by atoms with Gasteiger partial charge in [0.15, 0.2) is 17.3 Å². The maximum atomic E-state index is 13.8. The summed E-state index contributed by atoms with van der Waals surface area (Å²) in [6, 6.07) is 4.50. The van der Waals surface area contributed by atoms with Gasteiger partial charge in [0, 0.05) is 5.41 Å². The Bertz CT molecular complexity index is 1360. The molecular formula is C39H56O4. The molecule has 10 atom stereocenters. The first-order valence-electron chi connectivity index (χ1n) is 17.1. The van der Waals surface area contributed by atoms with Gasteiger partial charge in [-0.15, -0.1) is 0 Å². The van der Waals surface area contributed by atoms with Crippen LogP contribution in [0.25, 0.3) is 6.08 Å². The van der Waals surface area contributed by atoms with Gasteiger partial charge < -0.3 is 15.3 Å². The number of aliphatic hydroxyl groups is 1. The molecule has 6 rings (SSSR count). The van der Waals surface area contributed by atoms with Crippen molar-refractivity contribution in [1.29, 1.82) is 0 Å². The molecule has 0 aliphatic heterocycles. The molecule has 1 aromatic rings. The zero-order valence-corrected chi connectivity index (χ0v) is 27.8. The van der Waals surface area contributed by atoms with Gasteiger partial charge in [0.1, 0.15) is 5.60 Å². The zero-order valence-electron chi connectivity index (χ0n) is 27.8. The molecule has 236 valence electrons. The van der Waals surface area contributed by atoms with Crippen LogP contribution in [-0.2, 0) is 4.79 Å². The quantitative estimate of drug-likeness (QED) is 0.186. The Morgan fingerprint density at radius 2 is 1.56 bits per heavy atom. The number of ketones is 1. The summed E-state index contributed by atoms with van der Waals surface area (Å²) in [7, 11) is 0. The fraction of sp³-hybridized carbons (Fsp3) is 0.718. The Kier molecular flexibility index (Phi) is 6.99. The fourth-order valence-corrected chi connectivity index (χ4v) is 12.8. The first-order valence-corrected chi connectivity index (χ1v) is 17.1. The van der Waals surface area contributed by atoms with E-state index in [0.717, 1.165) is 24.7 Å². The number of phenolic OH excluding ortho intramolecular Hbond substituents is 2. The monoisotopic (exact) mass is 588 g/mol. The Morgan fingerprint density at radius 3 is 2.23 bits per heavy atom. The number of allylic oxidation sites excluding steroid dienone is 1. The number of hydrogen-bond donors (Lipinski definition) is 3. The molecule has 0 bridgehead atoms. The second-order valence-corrected chi connectivity index (χ2v) is 17.4. The molecule has 4 heteroatoms. The summed E-state index contributed by atoms with van der Waals surface area (Å²) in [5, 5.41) is 31.7. The van der Waals surface area contributed by atoms with E-state index in [4.69, 9.17) is 0 Å². The van der Waals surface area contributed by atoms with Gasteiger partial charge in [0.05, 0.1) is 0 Å². The SMILES string of the molecule is C=C(C)[C@@H]1CC[C@]2(C)CC[C@]3(C)[C@H](CC[C@@H]4[C@@]5(C)CCC(O)(C(=O)C=Cc6ccc(O)c(O)c6)C(C)(C)[C@@H]5CC[C@]43C)[C@@H]12. The minimum Gasteiger partial charge on any atom is -0.504 e. The molecule has 4 nitrogen and oxygen atoms in total. The van der Waals surface area contributed by atoms with Crippen molar-refractivity contribution in [3.63, 3.8) is 0 Å². The third-order valence-electron chi connectivity index (χ3n) is 15.5. The summed E-state index contributed by atoms with van der Waals surface area (Å²) in [5.74, 6) is 2.34. The van der Waals surface area contributed by atoms with Crippen LogP contribution in [0, 0.1) is 56.7 Å². The normalized spacial score (nSPS) is 46.8. The standard InChI is InChI=1S/C39H56O4/c1-24(2)26-15-17-35(5)19-21-37(7)27(33(26)35)11-13-31-36(6)20-22-39(43,34(3,4)30(36)16-18-38(31,37)8)32(42)14-10-25-9-12-28(40)29(41)23-25/h9-10,12,14,23,26-27,30-31,33,40-41,43H,1,11,13,15-22H2,2-8H3/t26-,27+,30-,31+,33+,35+,36-,37+,38+,39?/m0/s1. The van der Waals surface area contributed by atoms with Crippen LogP contribution in [0.4, 0.5) is 0 Å². The Labute approximate surface area is 260 Å². The van der Waals surface area contributed by atoms with Crippen LogP contribution < -0.4 is 0 Å². The zero-order chi connectivity index (χ0) is 31.4. The van der Waals surface area contributed by atoms with Crippen LogP contribution in [0.2, 0.25) is 0 Å². The highest BCUT2D eigenvalue weighted by molar-refractivity contribution is 6.00. The fourth-order valence-electron chi connectivity index (χ4n) is 12.8. The smallest absolute Gasteiger partial charge is 0.187 e. The lowest BCUT2D eigenvalue weighted by Crippen LogP contribution is -2.69. The first-order chi connectivity index (χ1) is 19.9. The van der Waals surface area contributed by atoms with Crippen LogP contribution in [0.3, 0.4) is 0 Å². The number of carbonyl (C=O) groups excluding carboxylic acids is 1. The molecular weight excluding hydrogens is 532 g/mol. The Hall–Kier alpha value is -2.07. The van der Waals surface area contributed by atoms with Crippen LogP contribution in [-0.4, -0.2) is 26.7 Å². The second kappa shape index (κ2) is 9.71. The first kappa shape index (κ1) is 30.9. The topological polar surface area (TPSA) is 77.8 Å². The lowest BCUT2D eigenvalue weighted by Gasteiger charge is -2.73. The van der Waals surface area contributed by atoms with Crippen LogP contribution >= 0.6 is 0 Å². The number of aromatic hydroxyl groups is 2.